The van der Waals surface area contributed by atoms with Crippen molar-refractivity contribution in [1.29, 1.82) is 0 Å². The van der Waals surface area contributed by atoms with Crippen LogP contribution in [-0.4, -0.2) is 29.9 Å². The molecule has 1 atom stereocenters. The smallest absolute Gasteiger partial charge is 0.329 e. The number of methoxy groups -OCH3 is 1. The van der Waals surface area contributed by atoms with E-state index in [9.17, 15) is 9.59 Å². The van der Waals surface area contributed by atoms with Crippen molar-refractivity contribution in [1.82, 2.24) is 4.90 Å². The molecule has 0 unspecified atom stereocenters. The molecule has 1 amide bonds. The Labute approximate surface area is 152 Å². The monoisotopic (exact) mass is 354 g/mol. The minimum absolute atomic E-state index is 0.0322. The molecule has 0 saturated carbocycles. The van der Waals surface area contributed by atoms with E-state index in [2.05, 4.69) is 0 Å². The SMILES string of the molecule is COc1ccc(CN2C(=O)CC[C@H]2C(=O)OCc2ccc(N)cc2)cc1. The second-order valence-electron chi connectivity index (χ2n) is 6.27. The molecule has 3 rings (SSSR count). The number of amides is 1. The molecule has 1 aliphatic heterocycles. The summed E-state index contributed by atoms with van der Waals surface area (Å²) in [5.41, 5.74) is 8.11. The van der Waals surface area contributed by atoms with Crippen LogP contribution in [0.2, 0.25) is 0 Å². The van der Waals surface area contributed by atoms with E-state index < -0.39 is 6.04 Å². The van der Waals surface area contributed by atoms with Crippen LogP contribution >= 0.6 is 0 Å². The number of nitrogens with two attached hydrogens (primary N) is 1. The van der Waals surface area contributed by atoms with Gasteiger partial charge < -0.3 is 20.1 Å². The number of anilines is 1. The van der Waals surface area contributed by atoms with E-state index >= 15 is 0 Å². The van der Waals surface area contributed by atoms with E-state index in [1.165, 1.54) is 0 Å². The Balaban J connectivity index is 1.62. The Hall–Kier alpha value is -3.02. The largest absolute Gasteiger partial charge is 0.497 e. The average Bonchev–Trinajstić information content (AvgIpc) is 3.02. The Kier molecular flexibility index (Phi) is 5.41. The maximum atomic E-state index is 12.5. The number of benzene rings is 2. The summed E-state index contributed by atoms with van der Waals surface area (Å²) in [7, 11) is 1.60. The van der Waals surface area contributed by atoms with Gasteiger partial charge in [-0.2, -0.15) is 0 Å². The average molecular weight is 354 g/mol. The van der Waals surface area contributed by atoms with Gasteiger partial charge in [-0.25, -0.2) is 4.79 Å². The number of carbonyl (C=O) groups excluding carboxylic acids is 2. The molecule has 2 aromatic carbocycles. The van der Waals surface area contributed by atoms with Gasteiger partial charge in [0.2, 0.25) is 5.91 Å². The Morgan fingerprint density at radius 3 is 2.42 bits per heavy atom. The van der Waals surface area contributed by atoms with Gasteiger partial charge in [0, 0.05) is 18.7 Å². The lowest BCUT2D eigenvalue weighted by Gasteiger charge is -2.23. The molecule has 6 nitrogen and oxygen atoms in total. The molecule has 2 N–H and O–H groups in total. The normalized spacial score (nSPS) is 16.6. The zero-order valence-corrected chi connectivity index (χ0v) is 14.7. The van der Waals surface area contributed by atoms with Crippen molar-refractivity contribution in [2.45, 2.75) is 32.0 Å². The van der Waals surface area contributed by atoms with E-state index in [4.69, 9.17) is 15.2 Å². The van der Waals surface area contributed by atoms with Crippen molar-refractivity contribution in [2.75, 3.05) is 12.8 Å². The summed E-state index contributed by atoms with van der Waals surface area (Å²) in [6, 6.07) is 14.1. The van der Waals surface area contributed by atoms with Crippen LogP contribution in [0, 0.1) is 0 Å². The summed E-state index contributed by atoms with van der Waals surface area (Å²) < 4.78 is 10.5. The third-order valence-electron chi connectivity index (χ3n) is 4.47. The molecule has 0 radical (unpaired) electrons. The van der Waals surface area contributed by atoms with Crippen LogP contribution in [0.3, 0.4) is 0 Å². The van der Waals surface area contributed by atoms with Gasteiger partial charge in [-0.05, 0) is 41.8 Å². The van der Waals surface area contributed by atoms with Gasteiger partial charge in [-0.1, -0.05) is 24.3 Å². The number of hydrogen-bond acceptors (Lipinski definition) is 5. The van der Waals surface area contributed by atoms with Crippen molar-refractivity contribution in [2.24, 2.45) is 0 Å². The first kappa shape index (κ1) is 17.8. The summed E-state index contributed by atoms with van der Waals surface area (Å²) in [5.74, 6) is 0.345. The zero-order valence-electron chi connectivity index (χ0n) is 14.7. The van der Waals surface area contributed by atoms with Crippen molar-refractivity contribution in [3.63, 3.8) is 0 Å². The van der Waals surface area contributed by atoms with Crippen LogP contribution < -0.4 is 10.5 Å². The molecule has 1 saturated heterocycles. The molecule has 0 aliphatic carbocycles. The first-order valence-corrected chi connectivity index (χ1v) is 8.50. The van der Waals surface area contributed by atoms with E-state index in [-0.39, 0.29) is 18.5 Å². The fraction of sp³-hybridized carbons (Fsp3) is 0.300. The molecule has 6 heteroatoms. The second-order valence-corrected chi connectivity index (χ2v) is 6.27. The lowest BCUT2D eigenvalue weighted by Crippen LogP contribution is -2.39. The number of hydrogen-bond donors (Lipinski definition) is 1. The Morgan fingerprint density at radius 1 is 1.12 bits per heavy atom. The van der Waals surface area contributed by atoms with Crippen LogP contribution in [0.25, 0.3) is 0 Å². The molecule has 0 aromatic heterocycles. The zero-order chi connectivity index (χ0) is 18.5. The van der Waals surface area contributed by atoms with Gasteiger partial charge >= 0.3 is 5.97 Å². The highest BCUT2D eigenvalue weighted by Crippen LogP contribution is 2.24. The quantitative estimate of drug-likeness (QED) is 0.637. The van der Waals surface area contributed by atoms with E-state index in [1.54, 1.807) is 24.1 Å². The number of nitrogens with zero attached hydrogens (tertiary/aromatic N) is 1. The van der Waals surface area contributed by atoms with E-state index in [0.717, 1.165) is 16.9 Å². The number of ether oxygens (including phenoxy) is 2. The van der Waals surface area contributed by atoms with Crippen LogP contribution in [0.5, 0.6) is 5.75 Å². The number of esters is 1. The van der Waals surface area contributed by atoms with Gasteiger partial charge in [0.25, 0.3) is 0 Å². The highest BCUT2D eigenvalue weighted by Gasteiger charge is 2.37. The van der Waals surface area contributed by atoms with Crippen molar-refractivity contribution in [3.8, 4) is 5.75 Å². The summed E-state index contributed by atoms with van der Waals surface area (Å²) in [5, 5.41) is 0. The lowest BCUT2D eigenvalue weighted by atomic mass is 10.1. The maximum absolute atomic E-state index is 12.5. The molecule has 1 heterocycles. The standard InChI is InChI=1S/C20H22N2O4/c1-25-17-8-4-14(5-9-17)12-22-18(10-11-19(22)23)20(24)26-13-15-2-6-16(21)7-3-15/h2-9,18H,10-13,21H2,1H3/t18-/m0/s1. The lowest BCUT2D eigenvalue weighted by molar-refractivity contribution is -0.153. The molecule has 0 spiro atoms. The van der Waals surface area contributed by atoms with Crippen molar-refractivity contribution >= 4 is 17.6 Å². The second kappa shape index (κ2) is 7.91. The fourth-order valence-corrected chi connectivity index (χ4v) is 2.97. The summed E-state index contributed by atoms with van der Waals surface area (Å²) in [6.45, 7) is 0.546. The minimum atomic E-state index is -0.543. The number of likely N-dealkylation sites (tertiary alicyclic amines) is 1. The topological polar surface area (TPSA) is 81.9 Å². The molecule has 26 heavy (non-hydrogen) atoms. The van der Waals surface area contributed by atoms with Crippen LogP contribution in [0.15, 0.2) is 48.5 Å². The predicted octanol–water partition coefficient (Wildman–Crippen LogP) is 2.51. The molecule has 0 bridgehead atoms. The van der Waals surface area contributed by atoms with Crippen LogP contribution in [-0.2, 0) is 27.5 Å². The van der Waals surface area contributed by atoms with Crippen molar-refractivity contribution < 1.29 is 19.1 Å². The van der Waals surface area contributed by atoms with Gasteiger partial charge in [0.15, 0.2) is 0 Å². The first-order chi connectivity index (χ1) is 12.6. The molecule has 1 aliphatic rings. The highest BCUT2D eigenvalue weighted by atomic mass is 16.5. The molecule has 2 aromatic rings. The Bertz CT molecular complexity index is 771. The summed E-state index contributed by atoms with van der Waals surface area (Å²) >= 11 is 0. The third kappa shape index (κ3) is 4.14. The number of rotatable bonds is 6. The summed E-state index contributed by atoms with van der Waals surface area (Å²) in [4.78, 5) is 26.3. The van der Waals surface area contributed by atoms with Gasteiger partial charge in [0.05, 0.1) is 7.11 Å². The van der Waals surface area contributed by atoms with E-state index in [1.807, 2.05) is 36.4 Å². The summed E-state index contributed by atoms with van der Waals surface area (Å²) in [6.07, 6.45) is 0.841. The third-order valence-corrected chi connectivity index (χ3v) is 4.47. The highest BCUT2D eigenvalue weighted by molar-refractivity contribution is 5.88. The molecular weight excluding hydrogens is 332 g/mol. The molecule has 1 fully saturated rings. The van der Waals surface area contributed by atoms with Crippen LogP contribution in [0.1, 0.15) is 24.0 Å². The number of carbonyl (C=O) groups is 2. The molecular formula is C20H22N2O4. The fourth-order valence-electron chi connectivity index (χ4n) is 2.97. The van der Waals surface area contributed by atoms with Gasteiger partial charge in [-0.15, -0.1) is 0 Å². The van der Waals surface area contributed by atoms with Crippen LogP contribution in [0.4, 0.5) is 5.69 Å². The number of nitrogen functional groups attached to an aromatic ring is 1. The van der Waals surface area contributed by atoms with Gasteiger partial charge in [0.1, 0.15) is 18.4 Å². The van der Waals surface area contributed by atoms with Gasteiger partial charge in [-0.3, -0.25) is 4.79 Å². The minimum Gasteiger partial charge on any atom is -0.497 e. The van der Waals surface area contributed by atoms with E-state index in [0.29, 0.717) is 25.1 Å². The maximum Gasteiger partial charge on any atom is 0.329 e. The van der Waals surface area contributed by atoms with Crippen molar-refractivity contribution in [3.05, 3.63) is 59.7 Å². The first-order valence-electron chi connectivity index (χ1n) is 8.50. The molecule has 136 valence electrons. The predicted molar refractivity (Wildman–Crippen MR) is 97.2 cm³/mol. The Morgan fingerprint density at radius 2 is 1.77 bits per heavy atom.